The van der Waals surface area contributed by atoms with Gasteiger partial charge in [0.1, 0.15) is 0 Å². The molecule has 0 spiro atoms. The number of esters is 1. The van der Waals surface area contributed by atoms with E-state index in [1.807, 2.05) is 6.07 Å². The molecule has 3 aromatic rings. The van der Waals surface area contributed by atoms with Crippen LogP contribution in [0.15, 0.2) is 41.0 Å². The van der Waals surface area contributed by atoms with Crippen molar-refractivity contribution in [2.24, 2.45) is 0 Å². The number of furan rings is 1. The first-order valence-electron chi connectivity index (χ1n) is 5.40. The Labute approximate surface area is 102 Å². The van der Waals surface area contributed by atoms with Gasteiger partial charge in [0.15, 0.2) is 11.6 Å². The number of carbonyl (C=O) groups is 1. The molecule has 90 valence electrons. The number of aromatic nitrogens is 2. The lowest BCUT2D eigenvalue weighted by atomic mass is 10.2. The predicted octanol–water partition coefficient (Wildman–Crippen LogP) is 2.61. The zero-order valence-corrected chi connectivity index (χ0v) is 9.64. The van der Waals surface area contributed by atoms with Crippen LogP contribution in [0.25, 0.3) is 22.6 Å². The quantitative estimate of drug-likeness (QED) is 0.701. The molecule has 0 radical (unpaired) electrons. The topological polar surface area (TPSA) is 68.1 Å². The molecule has 18 heavy (non-hydrogen) atoms. The van der Waals surface area contributed by atoms with Crippen molar-refractivity contribution in [3.63, 3.8) is 0 Å². The molecule has 3 rings (SSSR count). The molecule has 0 atom stereocenters. The highest BCUT2D eigenvalue weighted by Gasteiger charge is 2.10. The van der Waals surface area contributed by atoms with Crippen LogP contribution in [0, 0.1) is 0 Å². The Morgan fingerprint density at radius 2 is 2.28 bits per heavy atom. The lowest BCUT2D eigenvalue weighted by Crippen LogP contribution is -2.00. The standard InChI is InChI=1S/C13H10N2O3/c1-17-13(16)8-4-5-9-10(7-8)15-12(14-9)11-3-2-6-18-11/h2-7H,1H3,(H,14,15). The average Bonchev–Trinajstić information content (AvgIpc) is 3.04. The van der Waals surface area contributed by atoms with E-state index in [9.17, 15) is 4.79 Å². The van der Waals surface area contributed by atoms with Gasteiger partial charge in [-0.2, -0.15) is 0 Å². The zero-order chi connectivity index (χ0) is 12.5. The first kappa shape index (κ1) is 10.6. The largest absolute Gasteiger partial charge is 0.465 e. The molecule has 0 saturated carbocycles. The molecule has 0 amide bonds. The molecule has 0 unspecified atom stereocenters. The second-order valence-corrected chi connectivity index (χ2v) is 3.79. The summed E-state index contributed by atoms with van der Waals surface area (Å²) in [6.07, 6.45) is 1.59. The molecule has 0 bridgehead atoms. The predicted molar refractivity (Wildman–Crippen MR) is 65.1 cm³/mol. The monoisotopic (exact) mass is 242 g/mol. The van der Waals surface area contributed by atoms with Gasteiger partial charge in [-0.15, -0.1) is 0 Å². The number of hydrogen-bond donors (Lipinski definition) is 1. The smallest absolute Gasteiger partial charge is 0.337 e. The van der Waals surface area contributed by atoms with Crippen molar-refractivity contribution in [3.8, 4) is 11.6 Å². The maximum atomic E-state index is 11.4. The average molecular weight is 242 g/mol. The number of H-pyrrole nitrogens is 1. The molecule has 5 nitrogen and oxygen atoms in total. The Kier molecular flexibility index (Phi) is 2.37. The minimum absolute atomic E-state index is 0.369. The van der Waals surface area contributed by atoms with E-state index in [1.54, 1.807) is 30.5 Å². The third-order valence-corrected chi connectivity index (χ3v) is 2.66. The highest BCUT2D eigenvalue weighted by molar-refractivity contribution is 5.94. The van der Waals surface area contributed by atoms with Crippen LogP contribution in [-0.4, -0.2) is 23.0 Å². The molecular weight excluding hydrogens is 232 g/mol. The lowest BCUT2D eigenvalue weighted by molar-refractivity contribution is 0.0601. The van der Waals surface area contributed by atoms with Gasteiger partial charge in [0.25, 0.3) is 0 Å². The fourth-order valence-corrected chi connectivity index (χ4v) is 1.78. The summed E-state index contributed by atoms with van der Waals surface area (Å²) in [6, 6.07) is 8.77. The van der Waals surface area contributed by atoms with Crippen LogP contribution in [0.5, 0.6) is 0 Å². The van der Waals surface area contributed by atoms with Gasteiger partial charge in [-0.05, 0) is 30.3 Å². The highest BCUT2D eigenvalue weighted by Crippen LogP contribution is 2.21. The molecular formula is C13H10N2O3. The number of imidazole rings is 1. The van der Waals surface area contributed by atoms with Crippen molar-refractivity contribution >= 4 is 17.0 Å². The number of nitrogens with one attached hydrogen (secondary N) is 1. The summed E-state index contributed by atoms with van der Waals surface area (Å²) in [5, 5.41) is 0. The van der Waals surface area contributed by atoms with Crippen molar-refractivity contribution in [1.82, 2.24) is 9.97 Å². The maximum Gasteiger partial charge on any atom is 0.337 e. The van der Waals surface area contributed by atoms with Gasteiger partial charge in [-0.25, -0.2) is 9.78 Å². The Morgan fingerprint density at radius 3 is 3.00 bits per heavy atom. The van der Waals surface area contributed by atoms with Crippen LogP contribution in [0.4, 0.5) is 0 Å². The Balaban J connectivity index is 2.10. The summed E-state index contributed by atoms with van der Waals surface area (Å²) in [6.45, 7) is 0. The third-order valence-electron chi connectivity index (χ3n) is 2.66. The van der Waals surface area contributed by atoms with E-state index < -0.39 is 0 Å². The molecule has 1 N–H and O–H groups in total. The van der Waals surface area contributed by atoms with Crippen LogP contribution in [0.2, 0.25) is 0 Å². The Morgan fingerprint density at radius 1 is 1.39 bits per heavy atom. The Hall–Kier alpha value is -2.56. The molecule has 0 saturated heterocycles. The number of hydrogen-bond acceptors (Lipinski definition) is 4. The van der Waals surface area contributed by atoms with Crippen molar-refractivity contribution in [2.45, 2.75) is 0 Å². The van der Waals surface area contributed by atoms with Crippen molar-refractivity contribution in [1.29, 1.82) is 0 Å². The van der Waals surface area contributed by atoms with Crippen LogP contribution < -0.4 is 0 Å². The lowest BCUT2D eigenvalue weighted by Gasteiger charge is -1.97. The molecule has 2 aromatic heterocycles. The normalized spacial score (nSPS) is 10.7. The van der Waals surface area contributed by atoms with E-state index in [4.69, 9.17) is 4.42 Å². The number of benzene rings is 1. The number of ether oxygens (including phenoxy) is 1. The van der Waals surface area contributed by atoms with Crippen LogP contribution in [0.3, 0.4) is 0 Å². The molecule has 0 fully saturated rings. The second-order valence-electron chi connectivity index (χ2n) is 3.79. The number of fused-ring (bicyclic) bond motifs is 1. The van der Waals surface area contributed by atoms with E-state index in [0.717, 1.165) is 11.0 Å². The molecule has 0 aliphatic carbocycles. The van der Waals surface area contributed by atoms with Crippen molar-refractivity contribution < 1.29 is 13.9 Å². The first-order chi connectivity index (χ1) is 8.78. The molecule has 1 aromatic carbocycles. The second kappa shape index (κ2) is 4.03. The van der Waals surface area contributed by atoms with Gasteiger partial charge < -0.3 is 14.1 Å². The van der Waals surface area contributed by atoms with E-state index in [-0.39, 0.29) is 5.97 Å². The zero-order valence-electron chi connectivity index (χ0n) is 9.64. The summed E-state index contributed by atoms with van der Waals surface area (Å²) >= 11 is 0. The van der Waals surface area contributed by atoms with Gasteiger partial charge in [-0.1, -0.05) is 0 Å². The van der Waals surface area contributed by atoms with E-state index in [0.29, 0.717) is 17.1 Å². The third kappa shape index (κ3) is 1.66. The Bertz CT molecular complexity index is 698. The summed E-state index contributed by atoms with van der Waals surface area (Å²) in [4.78, 5) is 18.9. The van der Waals surface area contributed by atoms with Gasteiger partial charge in [0.2, 0.25) is 0 Å². The maximum absolute atomic E-state index is 11.4. The number of methoxy groups -OCH3 is 1. The summed E-state index contributed by atoms with van der Waals surface area (Å²) in [5.74, 6) is 0.925. The van der Waals surface area contributed by atoms with Crippen molar-refractivity contribution in [3.05, 3.63) is 42.2 Å². The van der Waals surface area contributed by atoms with E-state index in [1.165, 1.54) is 7.11 Å². The van der Waals surface area contributed by atoms with Gasteiger partial charge in [-0.3, -0.25) is 0 Å². The van der Waals surface area contributed by atoms with E-state index >= 15 is 0 Å². The number of rotatable bonds is 2. The number of carbonyl (C=O) groups excluding carboxylic acids is 1. The minimum atomic E-state index is -0.369. The molecule has 2 heterocycles. The van der Waals surface area contributed by atoms with Crippen LogP contribution >= 0.6 is 0 Å². The van der Waals surface area contributed by atoms with Crippen LogP contribution in [0.1, 0.15) is 10.4 Å². The first-order valence-corrected chi connectivity index (χ1v) is 5.40. The highest BCUT2D eigenvalue weighted by atomic mass is 16.5. The van der Waals surface area contributed by atoms with Crippen LogP contribution in [-0.2, 0) is 4.74 Å². The van der Waals surface area contributed by atoms with Gasteiger partial charge in [0.05, 0.1) is 30.0 Å². The van der Waals surface area contributed by atoms with Crippen molar-refractivity contribution in [2.75, 3.05) is 7.11 Å². The minimum Gasteiger partial charge on any atom is -0.465 e. The summed E-state index contributed by atoms with van der Waals surface area (Å²) in [5.41, 5.74) is 2.03. The fourth-order valence-electron chi connectivity index (χ4n) is 1.78. The number of nitrogens with zero attached hydrogens (tertiary/aromatic N) is 1. The summed E-state index contributed by atoms with van der Waals surface area (Å²) < 4.78 is 9.94. The molecule has 0 aliphatic heterocycles. The fraction of sp³-hybridized carbons (Fsp3) is 0.0769. The van der Waals surface area contributed by atoms with Gasteiger partial charge in [0, 0.05) is 0 Å². The number of aromatic amines is 1. The molecule has 0 aliphatic rings. The summed E-state index contributed by atoms with van der Waals surface area (Å²) in [7, 11) is 1.35. The SMILES string of the molecule is COC(=O)c1ccc2nc(-c3ccco3)[nH]c2c1. The molecule has 5 heteroatoms. The van der Waals surface area contributed by atoms with E-state index in [2.05, 4.69) is 14.7 Å². The van der Waals surface area contributed by atoms with Gasteiger partial charge >= 0.3 is 5.97 Å².